The lowest BCUT2D eigenvalue weighted by atomic mass is 9.75. The maximum absolute atomic E-state index is 11.0. The predicted molar refractivity (Wildman–Crippen MR) is 100 cm³/mol. The molecule has 0 bridgehead atoms. The Kier molecular flexibility index (Phi) is 4.48. The monoisotopic (exact) mass is 355 g/mol. The van der Waals surface area contributed by atoms with Crippen molar-refractivity contribution in [1.29, 1.82) is 0 Å². The minimum Gasteiger partial charge on any atom is -0.478 e. The van der Waals surface area contributed by atoms with Crippen molar-refractivity contribution in [1.82, 2.24) is 9.97 Å². The Bertz CT molecular complexity index is 829. The first-order valence-corrected chi connectivity index (χ1v) is 8.77. The first-order chi connectivity index (χ1) is 12.2. The van der Waals surface area contributed by atoms with E-state index in [9.17, 15) is 4.79 Å². The van der Waals surface area contributed by atoms with Crippen molar-refractivity contribution in [3.8, 4) is 0 Å². The summed E-state index contributed by atoms with van der Waals surface area (Å²) >= 11 is 0. The van der Waals surface area contributed by atoms with Crippen LogP contribution in [-0.2, 0) is 15.8 Å². The number of hydrogen-bond acceptors (Lipinski definition) is 5. The fraction of sp³-hybridized carbons (Fsp3) is 0.450. The second-order valence-corrected chi connectivity index (χ2v) is 7.73. The molecule has 0 amide bonds. The van der Waals surface area contributed by atoms with E-state index in [2.05, 4.69) is 49.8 Å². The van der Waals surface area contributed by atoms with Crippen molar-refractivity contribution in [2.24, 2.45) is 0 Å². The molecule has 1 aliphatic rings. The maximum Gasteiger partial charge on any atom is 0.338 e. The Morgan fingerprint density at radius 3 is 2.42 bits per heavy atom. The van der Waals surface area contributed by atoms with Gasteiger partial charge in [0.05, 0.1) is 17.8 Å². The zero-order valence-electron chi connectivity index (χ0n) is 15.9. The van der Waals surface area contributed by atoms with Crippen LogP contribution in [0.4, 0.5) is 11.6 Å². The summed E-state index contributed by atoms with van der Waals surface area (Å²) < 4.78 is 6.06. The topological polar surface area (TPSA) is 75.5 Å². The van der Waals surface area contributed by atoms with Crippen LogP contribution in [-0.4, -0.2) is 34.2 Å². The minimum atomic E-state index is -1.03. The van der Waals surface area contributed by atoms with Crippen molar-refractivity contribution in [2.45, 2.75) is 45.6 Å². The number of hydrogen-bond donors (Lipinski definition) is 1. The van der Waals surface area contributed by atoms with Crippen LogP contribution in [0, 0.1) is 0 Å². The molecule has 0 atom stereocenters. The highest BCUT2D eigenvalue weighted by molar-refractivity contribution is 5.86. The fourth-order valence-corrected chi connectivity index (χ4v) is 3.31. The van der Waals surface area contributed by atoms with Gasteiger partial charge in [-0.05, 0) is 44.0 Å². The molecule has 6 nitrogen and oxygen atoms in total. The van der Waals surface area contributed by atoms with Crippen LogP contribution in [0.15, 0.2) is 30.6 Å². The van der Waals surface area contributed by atoms with Crippen molar-refractivity contribution in [2.75, 3.05) is 18.1 Å². The van der Waals surface area contributed by atoms with Crippen LogP contribution in [0.1, 0.15) is 56.1 Å². The summed E-state index contributed by atoms with van der Waals surface area (Å²) in [6.45, 7) is 11.9. The van der Waals surface area contributed by atoms with Gasteiger partial charge in [-0.3, -0.25) is 0 Å². The van der Waals surface area contributed by atoms with E-state index in [4.69, 9.17) is 9.84 Å². The third-order valence-corrected chi connectivity index (χ3v) is 4.93. The van der Waals surface area contributed by atoms with Crippen LogP contribution in [0.3, 0.4) is 0 Å². The standard InChI is InChI=1S/C20H25N3O3/c1-6-23(18-21-10-13(11-22-18)17(24)25)14-7-8-15-16(9-14)19(2,3)12-26-20(15,4)5/h7-11H,6,12H2,1-5H3,(H,24,25). The largest absolute Gasteiger partial charge is 0.478 e. The highest BCUT2D eigenvalue weighted by Crippen LogP contribution is 2.42. The van der Waals surface area contributed by atoms with Gasteiger partial charge in [-0.1, -0.05) is 19.9 Å². The molecule has 1 aliphatic heterocycles. The zero-order chi connectivity index (χ0) is 19.1. The number of aromatic carboxylic acids is 1. The molecule has 0 radical (unpaired) electrons. The van der Waals surface area contributed by atoms with Gasteiger partial charge in [0.15, 0.2) is 0 Å². The number of nitrogens with zero attached hydrogens (tertiary/aromatic N) is 3. The molecule has 3 rings (SSSR count). The normalized spacial score (nSPS) is 17.4. The van der Waals surface area contributed by atoms with E-state index in [0.29, 0.717) is 19.1 Å². The van der Waals surface area contributed by atoms with E-state index in [0.717, 1.165) is 5.69 Å². The molecule has 2 heterocycles. The molecule has 0 spiro atoms. The molecule has 2 aromatic rings. The molecule has 6 heteroatoms. The number of carboxylic acids is 1. The molecule has 1 aromatic heterocycles. The number of rotatable bonds is 4. The van der Waals surface area contributed by atoms with E-state index in [-0.39, 0.29) is 16.6 Å². The van der Waals surface area contributed by atoms with Gasteiger partial charge in [-0.25, -0.2) is 14.8 Å². The molecular weight excluding hydrogens is 330 g/mol. The second kappa shape index (κ2) is 6.36. The minimum absolute atomic E-state index is 0.0790. The number of aromatic nitrogens is 2. The van der Waals surface area contributed by atoms with Gasteiger partial charge in [0.25, 0.3) is 0 Å². The van der Waals surface area contributed by atoms with Gasteiger partial charge in [-0.15, -0.1) is 0 Å². The van der Waals surface area contributed by atoms with Crippen LogP contribution in [0.2, 0.25) is 0 Å². The van der Waals surface area contributed by atoms with Crippen molar-refractivity contribution in [3.05, 3.63) is 47.3 Å². The summed E-state index contributed by atoms with van der Waals surface area (Å²) in [5, 5.41) is 9.02. The molecule has 0 saturated carbocycles. The van der Waals surface area contributed by atoms with Crippen LogP contribution in [0.5, 0.6) is 0 Å². The van der Waals surface area contributed by atoms with Crippen molar-refractivity contribution in [3.63, 3.8) is 0 Å². The first-order valence-electron chi connectivity index (χ1n) is 8.77. The fourth-order valence-electron chi connectivity index (χ4n) is 3.31. The molecule has 1 N–H and O–H groups in total. The Morgan fingerprint density at radius 2 is 1.85 bits per heavy atom. The molecule has 0 fully saturated rings. The lowest BCUT2D eigenvalue weighted by Crippen LogP contribution is -2.40. The molecule has 0 aliphatic carbocycles. The average Bonchev–Trinajstić information content (AvgIpc) is 2.60. The van der Waals surface area contributed by atoms with Gasteiger partial charge >= 0.3 is 5.97 Å². The van der Waals surface area contributed by atoms with E-state index in [1.807, 2.05) is 17.9 Å². The molecular formula is C20H25N3O3. The lowest BCUT2D eigenvalue weighted by Gasteiger charge is -2.42. The van der Waals surface area contributed by atoms with E-state index >= 15 is 0 Å². The number of carbonyl (C=O) groups is 1. The highest BCUT2D eigenvalue weighted by atomic mass is 16.5. The summed E-state index contributed by atoms with van der Waals surface area (Å²) in [4.78, 5) is 21.5. The Balaban J connectivity index is 2.04. The number of carboxylic acid groups (broad SMARTS) is 1. The van der Waals surface area contributed by atoms with Gasteiger partial charge in [0.1, 0.15) is 0 Å². The molecule has 1 aromatic carbocycles. The quantitative estimate of drug-likeness (QED) is 0.897. The van der Waals surface area contributed by atoms with Gasteiger partial charge in [0, 0.05) is 30.0 Å². The summed E-state index contributed by atoms with van der Waals surface area (Å²) in [6.07, 6.45) is 2.68. The first kappa shape index (κ1) is 18.3. The third-order valence-electron chi connectivity index (χ3n) is 4.93. The van der Waals surface area contributed by atoms with Crippen LogP contribution < -0.4 is 4.90 Å². The second-order valence-electron chi connectivity index (χ2n) is 7.73. The number of benzene rings is 1. The Hall–Kier alpha value is -2.47. The van der Waals surface area contributed by atoms with Gasteiger partial charge in [0.2, 0.25) is 5.95 Å². The van der Waals surface area contributed by atoms with Crippen molar-refractivity contribution < 1.29 is 14.6 Å². The number of fused-ring (bicyclic) bond motifs is 1. The molecule has 138 valence electrons. The number of anilines is 2. The summed E-state index contributed by atoms with van der Waals surface area (Å²) in [5.41, 5.74) is 3.10. The SMILES string of the molecule is CCN(c1ccc2c(c1)C(C)(C)COC2(C)C)c1ncc(C(=O)O)cn1. The molecule has 0 saturated heterocycles. The van der Waals surface area contributed by atoms with Crippen molar-refractivity contribution >= 4 is 17.6 Å². The zero-order valence-corrected chi connectivity index (χ0v) is 15.9. The number of ether oxygens (including phenoxy) is 1. The molecule has 0 unspecified atom stereocenters. The smallest absolute Gasteiger partial charge is 0.338 e. The summed E-state index contributed by atoms with van der Waals surface area (Å²) in [6, 6.07) is 6.33. The summed E-state index contributed by atoms with van der Waals surface area (Å²) in [7, 11) is 0. The highest BCUT2D eigenvalue weighted by Gasteiger charge is 2.38. The van der Waals surface area contributed by atoms with E-state index < -0.39 is 5.97 Å². The van der Waals surface area contributed by atoms with Crippen LogP contribution in [0.25, 0.3) is 0 Å². The Labute approximate surface area is 153 Å². The predicted octanol–water partition coefficient (Wildman–Crippen LogP) is 3.88. The Morgan fingerprint density at radius 1 is 1.19 bits per heavy atom. The van der Waals surface area contributed by atoms with Gasteiger partial charge in [-0.2, -0.15) is 0 Å². The van der Waals surface area contributed by atoms with E-state index in [1.54, 1.807) is 0 Å². The van der Waals surface area contributed by atoms with Crippen LogP contribution >= 0.6 is 0 Å². The third kappa shape index (κ3) is 3.17. The lowest BCUT2D eigenvalue weighted by molar-refractivity contribution is -0.0587. The summed E-state index contributed by atoms with van der Waals surface area (Å²) in [5.74, 6) is -0.543. The average molecular weight is 355 g/mol. The maximum atomic E-state index is 11.0. The molecule has 26 heavy (non-hydrogen) atoms. The van der Waals surface area contributed by atoms with E-state index in [1.165, 1.54) is 23.5 Å². The van der Waals surface area contributed by atoms with Gasteiger partial charge < -0.3 is 14.7 Å².